The van der Waals surface area contributed by atoms with Crippen molar-refractivity contribution in [2.45, 2.75) is 25.9 Å². The highest BCUT2D eigenvalue weighted by atomic mass is 19.1. The smallest absolute Gasteiger partial charge is 0.131 e. The fourth-order valence-corrected chi connectivity index (χ4v) is 2.02. The Morgan fingerprint density at radius 1 is 1.17 bits per heavy atom. The molecule has 1 aromatic heterocycles. The lowest BCUT2D eigenvalue weighted by atomic mass is 9.90. The lowest BCUT2D eigenvalue weighted by Gasteiger charge is -2.20. The lowest BCUT2D eigenvalue weighted by molar-refractivity contribution is 0.147. The van der Waals surface area contributed by atoms with Crippen LogP contribution in [-0.4, -0.2) is 10.1 Å². The van der Waals surface area contributed by atoms with Gasteiger partial charge in [-0.25, -0.2) is 4.39 Å². The summed E-state index contributed by atoms with van der Waals surface area (Å²) < 4.78 is 14.0. The lowest BCUT2D eigenvalue weighted by Crippen LogP contribution is -2.10. The Hall–Kier alpha value is -1.74. The van der Waals surface area contributed by atoms with Gasteiger partial charge in [0.25, 0.3) is 0 Å². The molecule has 2 rings (SSSR count). The molecule has 0 radical (unpaired) electrons. The quantitative estimate of drug-likeness (QED) is 0.899. The van der Waals surface area contributed by atoms with E-state index >= 15 is 0 Å². The zero-order valence-corrected chi connectivity index (χ0v) is 10.5. The van der Waals surface area contributed by atoms with E-state index in [0.717, 1.165) is 5.56 Å². The van der Waals surface area contributed by atoms with Crippen molar-refractivity contribution >= 4 is 0 Å². The van der Waals surface area contributed by atoms with Crippen molar-refractivity contribution < 1.29 is 9.50 Å². The van der Waals surface area contributed by atoms with Crippen molar-refractivity contribution in [1.82, 2.24) is 4.98 Å². The molecular formula is C15H16FNO. The first kappa shape index (κ1) is 12.7. The molecule has 0 aliphatic rings. The maximum absolute atomic E-state index is 14.0. The Labute approximate surface area is 106 Å². The van der Waals surface area contributed by atoms with E-state index in [2.05, 4.69) is 4.98 Å². The molecule has 1 aromatic carbocycles. The molecule has 0 spiro atoms. The minimum atomic E-state index is -0.854. The Kier molecular flexibility index (Phi) is 3.72. The molecule has 2 aromatic rings. The molecule has 0 amide bonds. The molecule has 2 atom stereocenters. The summed E-state index contributed by atoms with van der Waals surface area (Å²) in [6, 6.07) is 8.76. The zero-order valence-electron chi connectivity index (χ0n) is 10.5. The van der Waals surface area contributed by atoms with Gasteiger partial charge in [0.15, 0.2) is 0 Å². The van der Waals surface area contributed by atoms with Crippen molar-refractivity contribution in [2.75, 3.05) is 0 Å². The van der Waals surface area contributed by atoms with Crippen LogP contribution >= 0.6 is 0 Å². The molecule has 2 unspecified atom stereocenters. The highest BCUT2D eigenvalue weighted by Crippen LogP contribution is 2.32. The minimum absolute atomic E-state index is 0.177. The average Bonchev–Trinajstić information content (AvgIpc) is 2.41. The van der Waals surface area contributed by atoms with Gasteiger partial charge in [-0.3, -0.25) is 4.98 Å². The average molecular weight is 245 g/mol. The molecule has 94 valence electrons. The molecule has 0 fully saturated rings. The number of aryl methyl sites for hydroxylation is 1. The fourth-order valence-electron chi connectivity index (χ4n) is 2.02. The number of rotatable bonds is 3. The maximum Gasteiger partial charge on any atom is 0.131 e. The van der Waals surface area contributed by atoms with Gasteiger partial charge in [-0.1, -0.05) is 25.1 Å². The van der Waals surface area contributed by atoms with Crippen molar-refractivity contribution in [1.29, 1.82) is 0 Å². The summed E-state index contributed by atoms with van der Waals surface area (Å²) >= 11 is 0. The van der Waals surface area contributed by atoms with E-state index in [1.54, 1.807) is 37.5 Å². The van der Waals surface area contributed by atoms with Crippen molar-refractivity contribution in [3.63, 3.8) is 0 Å². The van der Waals surface area contributed by atoms with Gasteiger partial charge in [0.2, 0.25) is 0 Å². The highest BCUT2D eigenvalue weighted by Gasteiger charge is 2.21. The van der Waals surface area contributed by atoms with E-state index in [1.807, 2.05) is 19.1 Å². The van der Waals surface area contributed by atoms with Crippen LogP contribution in [0.4, 0.5) is 4.39 Å². The summed E-state index contributed by atoms with van der Waals surface area (Å²) in [6.07, 6.45) is 2.49. The van der Waals surface area contributed by atoms with Gasteiger partial charge >= 0.3 is 0 Å². The van der Waals surface area contributed by atoms with Gasteiger partial charge in [0.05, 0.1) is 6.10 Å². The van der Waals surface area contributed by atoms with Crippen molar-refractivity contribution in [3.8, 4) is 0 Å². The van der Waals surface area contributed by atoms with E-state index in [9.17, 15) is 9.50 Å². The third kappa shape index (κ3) is 2.41. The molecule has 0 saturated carbocycles. The summed E-state index contributed by atoms with van der Waals surface area (Å²) in [7, 11) is 0. The highest BCUT2D eigenvalue weighted by molar-refractivity contribution is 5.30. The Morgan fingerprint density at radius 2 is 1.83 bits per heavy atom. The number of benzene rings is 1. The standard InChI is InChI=1S/C15H16FNO/c1-10-4-3-5-13(14(10)16)15(18)11(2)12-6-8-17-9-7-12/h3-9,11,15,18H,1-2H3. The van der Waals surface area contributed by atoms with Gasteiger partial charge < -0.3 is 5.11 Å². The van der Waals surface area contributed by atoms with Crippen LogP contribution in [0.1, 0.15) is 35.6 Å². The Balaban J connectivity index is 2.31. The number of aliphatic hydroxyl groups excluding tert-OH is 1. The van der Waals surface area contributed by atoms with Crippen LogP contribution in [0, 0.1) is 12.7 Å². The molecule has 1 N–H and O–H groups in total. The number of nitrogens with zero attached hydrogens (tertiary/aromatic N) is 1. The second kappa shape index (κ2) is 5.27. The van der Waals surface area contributed by atoms with Crippen LogP contribution < -0.4 is 0 Å². The first-order valence-electron chi connectivity index (χ1n) is 5.94. The van der Waals surface area contributed by atoms with Crippen LogP contribution in [0.15, 0.2) is 42.7 Å². The summed E-state index contributed by atoms with van der Waals surface area (Å²) in [6.45, 7) is 3.57. The van der Waals surface area contributed by atoms with Gasteiger partial charge in [0, 0.05) is 23.9 Å². The Bertz CT molecular complexity index is 527. The van der Waals surface area contributed by atoms with Crippen LogP contribution in [0.3, 0.4) is 0 Å². The van der Waals surface area contributed by atoms with Crippen LogP contribution in [0.5, 0.6) is 0 Å². The van der Waals surface area contributed by atoms with Gasteiger partial charge in [-0.2, -0.15) is 0 Å². The van der Waals surface area contributed by atoms with Crippen molar-refractivity contribution in [2.24, 2.45) is 0 Å². The van der Waals surface area contributed by atoms with E-state index in [-0.39, 0.29) is 11.7 Å². The Morgan fingerprint density at radius 3 is 2.50 bits per heavy atom. The molecule has 0 aliphatic heterocycles. The van der Waals surface area contributed by atoms with E-state index < -0.39 is 6.10 Å². The van der Waals surface area contributed by atoms with Crippen LogP contribution in [0.2, 0.25) is 0 Å². The SMILES string of the molecule is Cc1cccc(C(O)C(C)c2ccncc2)c1F. The molecule has 0 saturated heterocycles. The van der Waals surface area contributed by atoms with E-state index in [1.165, 1.54) is 0 Å². The monoisotopic (exact) mass is 245 g/mol. The fraction of sp³-hybridized carbons (Fsp3) is 0.267. The summed E-state index contributed by atoms with van der Waals surface area (Å²) in [5, 5.41) is 10.3. The first-order valence-corrected chi connectivity index (χ1v) is 5.94. The molecule has 0 bridgehead atoms. The second-order valence-electron chi connectivity index (χ2n) is 4.49. The first-order chi connectivity index (χ1) is 8.61. The molecule has 2 nitrogen and oxygen atoms in total. The van der Waals surface area contributed by atoms with Gasteiger partial charge in [-0.05, 0) is 30.2 Å². The minimum Gasteiger partial charge on any atom is -0.388 e. The topological polar surface area (TPSA) is 33.1 Å². The second-order valence-corrected chi connectivity index (χ2v) is 4.49. The largest absolute Gasteiger partial charge is 0.388 e. The normalized spacial score (nSPS) is 14.2. The summed E-state index contributed by atoms with van der Waals surface area (Å²) in [4.78, 5) is 3.94. The van der Waals surface area contributed by atoms with Crippen LogP contribution in [-0.2, 0) is 0 Å². The number of aromatic nitrogens is 1. The molecule has 1 heterocycles. The van der Waals surface area contributed by atoms with Crippen LogP contribution in [0.25, 0.3) is 0 Å². The predicted octanol–water partition coefficient (Wildman–Crippen LogP) is 3.37. The molecular weight excluding hydrogens is 229 g/mol. The number of hydrogen-bond donors (Lipinski definition) is 1. The van der Waals surface area contributed by atoms with E-state index in [4.69, 9.17) is 0 Å². The number of hydrogen-bond acceptors (Lipinski definition) is 2. The summed E-state index contributed by atoms with van der Waals surface area (Å²) in [5.74, 6) is -0.504. The number of aliphatic hydroxyl groups is 1. The molecule has 18 heavy (non-hydrogen) atoms. The number of halogens is 1. The summed E-state index contributed by atoms with van der Waals surface area (Å²) in [5.41, 5.74) is 1.84. The maximum atomic E-state index is 14.0. The van der Waals surface area contributed by atoms with E-state index in [0.29, 0.717) is 11.1 Å². The molecule has 0 aliphatic carbocycles. The van der Waals surface area contributed by atoms with Gasteiger partial charge in [0.1, 0.15) is 5.82 Å². The van der Waals surface area contributed by atoms with Crippen molar-refractivity contribution in [3.05, 3.63) is 65.2 Å². The third-order valence-electron chi connectivity index (χ3n) is 3.25. The number of pyridine rings is 1. The van der Waals surface area contributed by atoms with Gasteiger partial charge in [-0.15, -0.1) is 0 Å². The third-order valence-corrected chi connectivity index (χ3v) is 3.25. The zero-order chi connectivity index (χ0) is 13.1. The predicted molar refractivity (Wildman–Crippen MR) is 68.7 cm³/mol. The molecule has 3 heteroatoms.